The Bertz CT molecular complexity index is 2150. The number of carbonyl (C=O) groups is 2. The number of nitro benzene ring substituents is 1. The van der Waals surface area contributed by atoms with E-state index in [-0.39, 0.29) is 33.8 Å². The van der Waals surface area contributed by atoms with Gasteiger partial charge in [-0.25, -0.2) is 13.1 Å². The lowest BCUT2D eigenvalue weighted by atomic mass is 9.97. The second-order valence-corrected chi connectivity index (χ2v) is 17.1. The number of hydrogen-bond donors (Lipinski definition) is 3. The molecule has 3 N–H and O–H groups in total. The van der Waals surface area contributed by atoms with Gasteiger partial charge >= 0.3 is 0 Å². The van der Waals surface area contributed by atoms with Crippen molar-refractivity contribution in [2.24, 2.45) is 5.92 Å². The molecule has 2 aliphatic heterocycles. The minimum atomic E-state index is -4.40. The van der Waals surface area contributed by atoms with Crippen molar-refractivity contribution < 1.29 is 32.1 Å². The highest BCUT2D eigenvalue weighted by Crippen LogP contribution is 2.30. The molecule has 308 valence electrons. The van der Waals surface area contributed by atoms with Crippen molar-refractivity contribution in [3.8, 4) is 11.3 Å². The molecular weight excluding hydrogens is 761 g/mol. The molecule has 3 aliphatic rings. The molecule has 2 saturated heterocycles. The monoisotopic (exact) mass is 812 g/mol. The first-order valence-corrected chi connectivity index (χ1v) is 21.8. The summed E-state index contributed by atoms with van der Waals surface area (Å²) in [5.41, 5.74) is 2.94. The second kappa shape index (κ2) is 19.0. The van der Waals surface area contributed by atoms with Crippen LogP contribution >= 0.6 is 0 Å². The Balaban J connectivity index is 0.913. The summed E-state index contributed by atoms with van der Waals surface area (Å²) in [7, 11) is -4.40. The summed E-state index contributed by atoms with van der Waals surface area (Å²) in [5, 5.41) is 18.1. The summed E-state index contributed by atoms with van der Waals surface area (Å²) in [6.45, 7) is 5.56. The molecule has 15 heteroatoms. The fourth-order valence-corrected chi connectivity index (χ4v) is 9.01. The van der Waals surface area contributed by atoms with Crippen molar-refractivity contribution in [1.29, 1.82) is 0 Å². The first-order chi connectivity index (χ1) is 28.1. The number of hydrogen-bond acceptors (Lipinski definition) is 11. The van der Waals surface area contributed by atoms with Gasteiger partial charge in [-0.2, -0.15) is 0 Å². The van der Waals surface area contributed by atoms with Crippen LogP contribution in [0.15, 0.2) is 88.2 Å². The highest BCUT2D eigenvalue weighted by molar-refractivity contribution is 7.90. The Morgan fingerprint density at radius 1 is 0.810 bits per heavy atom. The van der Waals surface area contributed by atoms with E-state index in [2.05, 4.69) is 31.2 Å². The topological polar surface area (TPSA) is 176 Å². The standard InChI is InChI=1S/C43H52N6O8S/c50-42(46-58(54,55)36-16-17-38(39(28-36)49(52)53)44-29-31-20-26-56-27-21-31)32-12-14-35(15-13-32)48-24-22-47(23-25-48)30-33-8-6-7-11-37(33)40-18-19-41(57-40)43(51)45-34-9-4-2-1-3-5-10-34/h6-8,11-19,28,31,34,44H,1-5,9-10,20-27,29-30H2,(H,45,51)(H,46,50). The lowest BCUT2D eigenvalue weighted by molar-refractivity contribution is -0.384. The van der Waals surface area contributed by atoms with Crippen LogP contribution in [0, 0.1) is 16.0 Å². The summed E-state index contributed by atoms with van der Waals surface area (Å²) in [6.07, 6.45) is 9.69. The van der Waals surface area contributed by atoms with Gasteiger partial charge in [0.25, 0.3) is 27.5 Å². The summed E-state index contributed by atoms with van der Waals surface area (Å²) < 4.78 is 39.9. The number of furan rings is 1. The third-order valence-electron chi connectivity index (χ3n) is 11.4. The zero-order chi connectivity index (χ0) is 40.5. The van der Waals surface area contributed by atoms with E-state index in [0.717, 1.165) is 87.6 Å². The third-order valence-corrected chi connectivity index (χ3v) is 12.8. The third kappa shape index (κ3) is 10.4. The molecule has 3 fully saturated rings. The number of sulfonamides is 1. The number of ether oxygens (including phenoxy) is 1. The van der Waals surface area contributed by atoms with Crippen molar-refractivity contribution in [1.82, 2.24) is 14.9 Å². The zero-order valence-corrected chi connectivity index (χ0v) is 33.5. The Kier molecular flexibility index (Phi) is 13.4. The quantitative estimate of drug-likeness (QED) is 0.0938. The van der Waals surface area contributed by atoms with E-state index < -0.39 is 20.9 Å². The van der Waals surface area contributed by atoms with Crippen LogP contribution in [0.2, 0.25) is 0 Å². The maximum absolute atomic E-state index is 13.2. The van der Waals surface area contributed by atoms with Gasteiger partial charge in [-0.3, -0.25) is 24.6 Å². The van der Waals surface area contributed by atoms with E-state index in [1.165, 1.54) is 31.4 Å². The van der Waals surface area contributed by atoms with Gasteiger partial charge in [0.05, 0.1) is 9.82 Å². The van der Waals surface area contributed by atoms with Gasteiger partial charge in [-0.05, 0) is 85.7 Å². The van der Waals surface area contributed by atoms with Gasteiger partial charge in [0.2, 0.25) is 0 Å². The molecule has 0 radical (unpaired) electrons. The molecule has 3 aromatic carbocycles. The van der Waals surface area contributed by atoms with Crippen molar-refractivity contribution in [3.63, 3.8) is 0 Å². The van der Waals surface area contributed by atoms with Crippen molar-refractivity contribution in [2.75, 3.05) is 56.2 Å². The molecule has 1 aliphatic carbocycles. The Morgan fingerprint density at radius 2 is 1.52 bits per heavy atom. The molecule has 0 atom stereocenters. The van der Waals surface area contributed by atoms with Gasteiger partial charge in [0.1, 0.15) is 11.4 Å². The SMILES string of the molecule is O=C(NS(=O)(=O)c1ccc(NCC2CCOCC2)c([N+](=O)[O-])c1)c1ccc(N2CCN(Cc3ccccc3-c3ccc(C(=O)NC4CCCCCCC4)o3)CC2)cc1. The highest BCUT2D eigenvalue weighted by Gasteiger charge is 2.26. The number of nitro groups is 1. The second-order valence-electron chi connectivity index (χ2n) is 15.5. The molecule has 2 amide bonds. The summed E-state index contributed by atoms with van der Waals surface area (Å²) in [4.78, 5) is 41.6. The predicted octanol–water partition coefficient (Wildman–Crippen LogP) is 6.98. The average Bonchev–Trinajstić information content (AvgIpc) is 3.72. The number of nitrogens with one attached hydrogen (secondary N) is 3. The van der Waals surface area contributed by atoms with Crippen molar-refractivity contribution in [3.05, 3.63) is 106 Å². The van der Waals surface area contributed by atoms with Crippen LogP contribution in [0.5, 0.6) is 0 Å². The van der Waals surface area contributed by atoms with Gasteiger partial charge in [-0.15, -0.1) is 0 Å². The fourth-order valence-electron chi connectivity index (χ4n) is 8.01. The van der Waals surface area contributed by atoms with Crippen molar-refractivity contribution >= 4 is 38.9 Å². The number of amides is 2. The summed E-state index contributed by atoms with van der Waals surface area (Å²) in [6, 6.07) is 22.2. The number of rotatable bonds is 13. The van der Waals surface area contributed by atoms with Gasteiger partial charge in [-0.1, -0.05) is 56.4 Å². The normalized spacial score (nSPS) is 17.6. The Hall–Kier alpha value is -5.25. The number of benzene rings is 3. The van der Waals surface area contributed by atoms with E-state index in [1.807, 2.05) is 24.3 Å². The lowest BCUT2D eigenvalue weighted by Crippen LogP contribution is -2.46. The summed E-state index contributed by atoms with van der Waals surface area (Å²) in [5.74, 6) is 0.302. The van der Waals surface area contributed by atoms with Crippen LogP contribution in [0.4, 0.5) is 17.1 Å². The lowest BCUT2D eigenvalue weighted by Gasteiger charge is -2.36. The number of carbonyl (C=O) groups excluding carboxylic acids is 2. The molecule has 14 nitrogen and oxygen atoms in total. The van der Waals surface area contributed by atoms with E-state index in [9.17, 15) is 28.1 Å². The first kappa shape index (κ1) is 40.9. The van der Waals surface area contributed by atoms with Crippen LogP contribution in [0.3, 0.4) is 0 Å². The van der Waals surface area contributed by atoms with E-state index in [1.54, 1.807) is 30.3 Å². The van der Waals surface area contributed by atoms with Gasteiger partial charge < -0.3 is 24.7 Å². The summed E-state index contributed by atoms with van der Waals surface area (Å²) >= 11 is 0. The average molecular weight is 813 g/mol. The molecule has 1 saturated carbocycles. The maximum atomic E-state index is 13.2. The number of piperazine rings is 1. The minimum Gasteiger partial charge on any atom is -0.451 e. The predicted molar refractivity (Wildman–Crippen MR) is 221 cm³/mol. The van der Waals surface area contributed by atoms with E-state index >= 15 is 0 Å². The van der Waals surface area contributed by atoms with Gasteiger partial charge in [0.15, 0.2) is 5.76 Å². The largest absolute Gasteiger partial charge is 0.451 e. The smallest absolute Gasteiger partial charge is 0.293 e. The fraction of sp³-hybridized carbons (Fsp3) is 0.442. The van der Waals surface area contributed by atoms with Crippen LogP contribution < -0.4 is 20.3 Å². The Morgan fingerprint density at radius 3 is 2.24 bits per heavy atom. The molecule has 7 rings (SSSR count). The molecule has 0 unspecified atom stereocenters. The Labute approximate surface area is 339 Å². The molecule has 1 aromatic heterocycles. The number of nitrogens with zero attached hydrogens (tertiary/aromatic N) is 3. The number of anilines is 2. The molecule has 4 aromatic rings. The van der Waals surface area contributed by atoms with Crippen LogP contribution in [-0.2, 0) is 21.3 Å². The van der Waals surface area contributed by atoms with Gasteiger partial charge in [0, 0.05) is 81.4 Å². The highest BCUT2D eigenvalue weighted by atomic mass is 32.2. The first-order valence-electron chi connectivity index (χ1n) is 20.4. The molecule has 0 spiro atoms. The zero-order valence-electron chi connectivity index (χ0n) is 32.7. The molecule has 58 heavy (non-hydrogen) atoms. The minimum absolute atomic E-state index is 0.144. The van der Waals surface area contributed by atoms with Crippen LogP contribution in [-0.4, -0.2) is 82.0 Å². The van der Waals surface area contributed by atoms with Crippen molar-refractivity contribution in [2.45, 2.75) is 75.3 Å². The molecule has 0 bridgehead atoms. The van der Waals surface area contributed by atoms with E-state index in [0.29, 0.717) is 43.7 Å². The van der Waals surface area contributed by atoms with Crippen LogP contribution in [0.25, 0.3) is 11.3 Å². The molecular formula is C43H52N6O8S. The van der Waals surface area contributed by atoms with E-state index in [4.69, 9.17) is 9.15 Å². The molecule has 3 heterocycles. The van der Waals surface area contributed by atoms with Crippen LogP contribution in [0.1, 0.15) is 84.3 Å². The maximum Gasteiger partial charge on any atom is 0.293 e.